The second-order valence-corrected chi connectivity index (χ2v) is 12.0. The van der Waals surface area contributed by atoms with E-state index in [0.717, 1.165) is 11.6 Å². The van der Waals surface area contributed by atoms with E-state index in [1.54, 1.807) is 17.2 Å². The third-order valence-corrected chi connectivity index (χ3v) is 8.72. The Hall–Kier alpha value is -4.31. The van der Waals surface area contributed by atoms with Gasteiger partial charge in [0.05, 0.1) is 23.0 Å². The first kappa shape index (κ1) is 29.7. The van der Waals surface area contributed by atoms with Crippen molar-refractivity contribution in [3.63, 3.8) is 0 Å². The molecule has 0 radical (unpaired) electrons. The van der Waals surface area contributed by atoms with E-state index < -0.39 is 17.3 Å². The number of nitrogens with zero attached hydrogens (tertiary/aromatic N) is 5. The number of carbonyl (C=O) groups is 1. The van der Waals surface area contributed by atoms with Gasteiger partial charge in [0.15, 0.2) is 17.4 Å². The fourth-order valence-electron chi connectivity index (χ4n) is 6.32. The molecule has 11 heteroatoms. The lowest BCUT2D eigenvalue weighted by Crippen LogP contribution is -2.54. The van der Waals surface area contributed by atoms with Crippen LogP contribution in [0.1, 0.15) is 43.5 Å². The number of amides is 1. The van der Waals surface area contributed by atoms with Crippen molar-refractivity contribution < 1.29 is 18.3 Å². The maximum Gasteiger partial charge on any atom is 0.354 e. The lowest BCUT2D eigenvalue weighted by molar-refractivity contribution is -0.126. The minimum atomic E-state index is -1.03. The molecular formula is C33H32ClF2N5O3. The quantitative estimate of drug-likeness (QED) is 0.262. The molecule has 0 bridgehead atoms. The van der Waals surface area contributed by atoms with E-state index in [-0.39, 0.29) is 46.4 Å². The number of hydrogen-bond donors (Lipinski definition) is 0. The summed E-state index contributed by atoms with van der Waals surface area (Å²) in [5.74, 6) is -1.73. The van der Waals surface area contributed by atoms with Crippen molar-refractivity contribution in [2.24, 2.45) is 0 Å². The number of aromatic nitrogens is 3. The van der Waals surface area contributed by atoms with Crippen LogP contribution in [0.25, 0.3) is 27.7 Å². The number of aryl methyl sites for hydroxylation is 1. The van der Waals surface area contributed by atoms with Gasteiger partial charge in [0, 0.05) is 54.8 Å². The Labute approximate surface area is 258 Å². The van der Waals surface area contributed by atoms with Crippen LogP contribution >= 0.6 is 11.6 Å². The average Bonchev–Trinajstić information content (AvgIpc) is 3.19. The maximum absolute atomic E-state index is 15.6. The molecule has 2 aromatic heterocycles. The van der Waals surface area contributed by atoms with Crippen LogP contribution in [0, 0.1) is 18.6 Å². The summed E-state index contributed by atoms with van der Waals surface area (Å²) in [5.41, 5.74) is 2.48. The van der Waals surface area contributed by atoms with Gasteiger partial charge in [-0.2, -0.15) is 4.98 Å². The summed E-state index contributed by atoms with van der Waals surface area (Å²) in [6, 6.07) is 5.87. The molecule has 1 saturated heterocycles. The van der Waals surface area contributed by atoms with Crippen LogP contribution in [-0.2, 0) is 11.2 Å². The van der Waals surface area contributed by atoms with Crippen molar-refractivity contribution in [1.82, 2.24) is 19.4 Å². The summed E-state index contributed by atoms with van der Waals surface area (Å²) in [4.78, 5) is 39.5. The van der Waals surface area contributed by atoms with Gasteiger partial charge in [-0.1, -0.05) is 38.1 Å². The molecule has 0 N–H and O–H groups in total. The zero-order chi connectivity index (χ0) is 31.4. The number of benzene rings is 2. The predicted octanol–water partition coefficient (Wildman–Crippen LogP) is 5.97. The molecule has 4 heterocycles. The highest BCUT2D eigenvalue weighted by Gasteiger charge is 2.33. The summed E-state index contributed by atoms with van der Waals surface area (Å²) in [7, 11) is 0. The zero-order valence-corrected chi connectivity index (χ0v) is 25.7. The summed E-state index contributed by atoms with van der Waals surface area (Å²) in [5, 5.41) is 0.635. The number of halogens is 3. The van der Waals surface area contributed by atoms with Crippen molar-refractivity contribution in [3.05, 3.63) is 87.1 Å². The Balaban J connectivity index is 1.73. The van der Waals surface area contributed by atoms with Crippen molar-refractivity contribution in [2.75, 3.05) is 31.1 Å². The first-order chi connectivity index (χ1) is 21.0. The Bertz CT molecular complexity index is 1910. The van der Waals surface area contributed by atoms with Crippen LogP contribution in [0.4, 0.5) is 14.6 Å². The van der Waals surface area contributed by atoms with Gasteiger partial charge in [-0.3, -0.25) is 14.3 Å². The second-order valence-electron chi connectivity index (χ2n) is 11.6. The fourth-order valence-corrected chi connectivity index (χ4v) is 6.61. The standard InChI is InChI=1S/C33H32ClF2N5O3/c1-6-24(42)39-12-13-40(19(5)16-39)32-21-15-22(34)26-25-20(7-8-23(35)27(25)36)10-14-44-31(26)30(21)41(33(43)38-32)29-18(4)9-11-37-28(29)17(2)3/h6-9,11,15,17,19H,1,10,12-14,16H2,2-5H3/t19-/m0/s1. The number of pyridine rings is 1. The molecule has 0 unspecified atom stereocenters. The van der Waals surface area contributed by atoms with Gasteiger partial charge in [-0.15, -0.1) is 0 Å². The second kappa shape index (κ2) is 11.3. The molecule has 8 nitrogen and oxygen atoms in total. The number of anilines is 1. The molecule has 2 aromatic carbocycles. The highest BCUT2D eigenvalue weighted by Crippen LogP contribution is 2.48. The van der Waals surface area contributed by atoms with Crippen LogP contribution in [-0.4, -0.2) is 57.6 Å². The van der Waals surface area contributed by atoms with Crippen molar-refractivity contribution in [2.45, 2.75) is 46.1 Å². The maximum atomic E-state index is 15.6. The third kappa shape index (κ3) is 4.72. The molecule has 6 rings (SSSR count). The summed E-state index contributed by atoms with van der Waals surface area (Å²) >= 11 is 6.95. The molecule has 0 aliphatic carbocycles. The molecule has 1 amide bonds. The average molecular weight is 620 g/mol. The van der Waals surface area contributed by atoms with Crippen LogP contribution < -0.4 is 15.3 Å². The number of piperazine rings is 1. The van der Waals surface area contributed by atoms with Crippen LogP contribution in [0.3, 0.4) is 0 Å². The lowest BCUT2D eigenvalue weighted by Gasteiger charge is -2.40. The molecule has 4 aromatic rings. The van der Waals surface area contributed by atoms with E-state index in [1.165, 1.54) is 16.7 Å². The fraction of sp³-hybridized carbons (Fsp3) is 0.333. The van der Waals surface area contributed by atoms with Gasteiger partial charge < -0.3 is 14.5 Å². The van der Waals surface area contributed by atoms with E-state index in [0.29, 0.717) is 59.7 Å². The normalized spacial score (nSPS) is 16.4. The molecule has 2 aliphatic rings. The minimum absolute atomic E-state index is 0.0127. The van der Waals surface area contributed by atoms with Gasteiger partial charge in [-0.05, 0) is 55.2 Å². The molecule has 0 spiro atoms. The smallest absolute Gasteiger partial charge is 0.354 e. The van der Waals surface area contributed by atoms with E-state index in [2.05, 4.69) is 16.5 Å². The first-order valence-corrected chi connectivity index (χ1v) is 14.9. The molecular weight excluding hydrogens is 588 g/mol. The predicted molar refractivity (Wildman–Crippen MR) is 167 cm³/mol. The molecule has 1 fully saturated rings. The Morgan fingerprint density at radius 1 is 1.20 bits per heavy atom. The molecule has 44 heavy (non-hydrogen) atoms. The number of ether oxygens (including phenoxy) is 1. The van der Waals surface area contributed by atoms with Gasteiger partial charge >= 0.3 is 5.69 Å². The van der Waals surface area contributed by atoms with E-state index in [9.17, 15) is 14.0 Å². The van der Waals surface area contributed by atoms with Crippen LogP contribution in [0.15, 0.2) is 47.9 Å². The SMILES string of the molecule is C=CC(=O)N1CCN(c2nc(=O)n(-c3c(C)ccnc3C(C)C)c3c4c(c(Cl)cc23)-c2c(ccc(F)c2F)CCO4)[C@@H](C)C1. The number of rotatable bonds is 4. The van der Waals surface area contributed by atoms with E-state index in [1.807, 2.05) is 38.7 Å². The van der Waals surface area contributed by atoms with E-state index >= 15 is 4.39 Å². The first-order valence-electron chi connectivity index (χ1n) is 14.6. The summed E-state index contributed by atoms with van der Waals surface area (Å²) in [6.45, 7) is 12.7. The number of hydrogen-bond acceptors (Lipinski definition) is 6. The Morgan fingerprint density at radius 2 is 1.98 bits per heavy atom. The molecule has 2 aliphatic heterocycles. The van der Waals surface area contributed by atoms with Gasteiger partial charge in [0.2, 0.25) is 5.91 Å². The van der Waals surface area contributed by atoms with Gasteiger partial charge in [-0.25, -0.2) is 13.6 Å². The van der Waals surface area contributed by atoms with Crippen molar-refractivity contribution in [3.8, 4) is 22.6 Å². The van der Waals surface area contributed by atoms with Gasteiger partial charge in [0.25, 0.3) is 0 Å². The lowest BCUT2D eigenvalue weighted by atomic mass is 9.95. The Kier molecular flexibility index (Phi) is 7.65. The topological polar surface area (TPSA) is 80.6 Å². The Morgan fingerprint density at radius 3 is 2.68 bits per heavy atom. The van der Waals surface area contributed by atoms with E-state index in [4.69, 9.17) is 16.3 Å². The van der Waals surface area contributed by atoms with Crippen LogP contribution in [0.5, 0.6) is 5.75 Å². The monoisotopic (exact) mass is 619 g/mol. The zero-order valence-electron chi connectivity index (χ0n) is 25.0. The highest BCUT2D eigenvalue weighted by atomic mass is 35.5. The molecule has 0 saturated carbocycles. The van der Waals surface area contributed by atoms with Crippen molar-refractivity contribution in [1.29, 1.82) is 0 Å². The molecule has 228 valence electrons. The molecule has 1 atom stereocenters. The third-order valence-electron chi connectivity index (χ3n) is 8.42. The largest absolute Gasteiger partial charge is 0.490 e. The summed E-state index contributed by atoms with van der Waals surface area (Å²) in [6.07, 6.45) is 3.28. The highest BCUT2D eigenvalue weighted by molar-refractivity contribution is 6.35. The minimum Gasteiger partial charge on any atom is -0.490 e. The van der Waals surface area contributed by atoms with Crippen LogP contribution in [0.2, 0.25) is 5.02 Å². The van der Waals surface area contributed by atoms with Gasteiger partial charge in [0.1, 0.15) is 11.3 Å². The number of carbonyl (C=O) groups excluding carboxylic acids is 1. The number of fused-ring (bicyclic) bond motifs is 5. The van der Waals surface area contributed by atoms with Crippen molar-refractivity contribution >= 4 is 34.2 Å². The summed E-state index contributed by atoms with van der Waals surface area (Å²) < 4.78 is 38.1.